The number of morpholine rings is 1. The first-order chi connectivity index (χ1) is 12.4. The number of nitrogens with zero attached hydrogens (tertiary/aromatic N) is 2. The van der Waals surface area contributed by atoms with Crippen LogP contribution in [-0.2, 0) is 20.9 Å². The van der Waals surface area contributed by atoms with Crippen LogP contribution < -0.4 is 0 Å². The van der Waals surface area contributed by atoms with Crippen molar-refractivity contribution in [2.75, 3.05) is 32.8 Å². The zero-order valence-electron chi connectivity index (χ0n) is 14.5. The standard InChI is InChI=1S/C18H21ClN2O5/c1-12(22)21(11-17(23)24)9-13-8-20(6-7-25-13)10-15-14-4-2-3-5-16(14)26-18(15)19/h2-5,13H,6-11H2,1H3,(H,23,24). The SMILES string of the molecule is CC(=O)N(CC(=O)O)CC1CN(Cc2c(Cl)oc3ccccc23)CCO1. The van der Waals surface area contributed by atoms with Crippen LogP contribution in [0.1, 0.15) is 12.5 Å². The van der Waals surface area contributed by atoms with Gasteiger partial charge in [0.15, 0.2) is 5.22 Å². The van der Waals surface area contributed by atoms with E-state index in [4.69, 9.17) is 25.9 Å². The average molecular weight is 381 g/mol. The van der Waals surface area contributed by atoms with E-state index in [-0.39, 0.29) is 25.1 Å². The summed E-state index contributed by atoms with van der Waals surface area (Å²) in [6, 6.07) is 7.69. The van der Waals surface area contributed by atoms with Crippen LogP contribution in [0.3, 0.4) is 0 Å². The number of hydrogen-bond donors (Lipinski definition) is 1. The van der Waals surface area contributed by atoms with Crippen LogP contribution in [-0.4, -0.2) is 65.7 Å². The number of furan rings is 1. The maximum Gasteiger partial charge on any atom is 0.323 e. The molecule has 0 aliphatic carbocycles. The van der Waals surface area contributed by atoms with Gasteiger partial charge in [0.2, 0.25) is 5.91 Å². The number of para-hydroxylation sites is 1. The summed E-state index contributed by atoms with van der Waals surface area (Å²) < 4.78 is 11.3. The van der Waals surface area contributed by atoms with Gasteiger partial charge in [-0.2, -0.15) is 0 Å². The van der Waals surface area contributed by atoms with Crippen LogP contribution >= 0.6 is 11.6 Å². The first kappa shape index (κ1) is 18.7. The van der Waals surface area contributed by atoms with Gasteiger partial charge in [0.05, 0.1) is 12.7 Å². The van der Waals surface area contributed by atoms with E-state index in [0.717, 1.165) is 23.1 Å². The second-order valence-electron chi connectivity index (χ2n) is 6.37. The number of carbonyl (C=O) groups is 2. The van der Waals surface area contributed by atoms with Crippen molar-refractivity contribution < 1.29 is 23.8 Å². The molecule has 0 spiro atoms. The Labute approximate surface area is 156 Å². The highest BCUT2D eigenvalue weighted by Gasteiger charge is 2.26. The van der Waals surface area contributed by atoms with Crippen molar-refractivity contribution in [3.8, 4) is 0 Å². The van der Waals surface area contributed by atoms with E-state index in [1.54, 1.807) is 0 Å². The van der Waals surface area contributed by atoms with Crippen LogP contribution in [0.4, 0.5) is 0 Å². The number of benzene rings is 1. The van der Waals surface area contributed by atoms with Crippen LogP contribution in [0.5, 0.6) is 0 Å². The molecule has 1 unspecified atom stereocenters. The third-order valence-corrected chi connectivity index (χ3v) is 4.75. The van der Waals surface area contributed by atoms with E-state index >= 15 is 0 Å². The summed E-state index contributed by atoms with van der Waals surface area (Å²) >= 11 is 6.26. The van der Waals surface area contributed by atoms with Gasteiger partial charge in [0.1, 0.15) is 12.1 Å². The van der Waals surface area contributed by atoms with Crippen molar-refractivity contribution in [3.05, 3.63) is 35.0 Å². The highest BCUT2D eigenvalue weighted by molar-refractivity contribution is 6.30. The molecule has 26 heavy (non-hydrogen) atoms. The van der Waals surface area contributed by atoms with E-state index in [1.165, 1.54) is 11.8 Å². The minimum atomic E-state index is -1.04. The zero-order valence-corrected chi connectivity index (χ0v) is 15.2. The summed E-state index contributed by atoms with van der Waals surface area (Å²) in [6.07, 6.45) is -0.246. The number of aliphatic carboxylic acids is 1. The molecule has 7 nitrogen and oxygen atoms in total. The molecule has 1 fully saturated rings. The lowest BCUT2D eigenvalue weighted by Crippen LogP contribution is -2.49. The molecular formula is C18H21ClN2O5. The molecule has 1 atom stereocenters. The monoisotopic (exact) mass is 380 g/mol. The van der Waals surface area contributed by atoms with Crippen molar-refractivity contribution in [2.24, 2.45) is 0 Å². The van der Waals surface area contributed by atoms with Crippen molar-refractivity contribution in [3.63, 3.8) is 0 Å². The van der Waals surface area contributed by atoms with Crippen molar-refractivity contribution in [1.29, 1.82) is 0 Å². The number of ether oxygens (including phenoxy) is 1. The quantitative estimate of drug-likeness (QED) is 0.827. The molecule has 1 aliphatic rings. The molecule has 0 radical (unpaired) electrons. The largest absolute Gasteiger partial charge is 0.480 e. The van der Waals surface area contributed by atoms with Crippen LogP contribution in [0.25, 0.3) is 11.0 Å². The Hall–Kier alpha value is -2.09. The summed E-state index contributed by atoms with van der Waals surface area (Å²) in [5, 5.41) is 10.3. The van der Waals surface area contributed by atoms with Gasteiger partial charge in [-0.3, -0.25) is 14.5 Å². The Kier molecular flexibility index (Phi) is 5.80. The number of carboxylic acid groups (broad SMARTS) is 1. The normalized spacial score (nSPS) is 18.2. The minimum absolute atomic E-state index is 0.246. The highest BCUT2D eigenvalue weighted by atomic mass is 35.5. The minimum Gasteiger partial charge on any atom is -0.480 e. The number of carbonyl (C=O) groups excluding carboxylic acids is 1. The van der Waals surface area contributed by atoms with Crippen LogP contribution in [0.15, 0.2) is 28.7 Å². The second kappa shape index (κ2) is 8.07. The lowest BCUT2D eigenvalue weighted by atomic mass is 10.1. The fourth-order valence-electron chi connectivity index (χ4n) is 3.19. The number of rotatable bonds is 6. The predicted octanol–water partition coefficient (Wildman–Crippen LogP) is 2.22. The number of hydrogen-bond acceptors (Lipinski definition) is 5. The van der Waals surface area contributed by atoms with E-state index in [2.05, 4.69) is 4.90 Å². The van der Waals surface area contributed by atoms with E-state index in [0.29, 0.717) is 24.9 Å². The van der Waals surface area contributed by atoms with Gasteiger partial charge < -0.3 is 19.2 Å². The summed E-state index contributed by atoms with van der Waals surface area (Å²) in [4.78, 5) is 26.0. The highest BCUT2D eigenvalue weighted by Crippen LogP contribution is 2.31. The molecule has 0 bridgehead atoms. The van der Waals surface area contributed by atoms with Gasteiger partial charge in [-0.25, -0.2) is 0 Å². The fraction of sp³-hybridized carbons (Fsp3) is 0.444. The summed E-state index contributed by atoms with van der Waals surface area (Å²) in [5.74, 6) is -1.32. The zero-order chi connectivity index (χ0) is 18.7. The molecule has 2 heterocycles. The molecule has 2 aromatic rings. The Balaban J connectivity index is 1.67. The summed E-state index contributed by atoms with van der Waals surface area (Å²) in [6.45, 7) is 3.71. The molecule has 1 aromatic heterocycles. The summed E-state index contributed by atoms with van der Waals surface area (Å²) in [5.41, 5.74) is 1.68. The number of amides is 1. The molecule has 3 rings (SSSR count). The van der Waals surface area contributed by atoms with Gasteiger partial charge in [0, 0.05) is 44.1 Å². The molecule has 1 amide bonds. The van der Waals surface area contributed by atoms with Crippen LogP contribution in [0.2, 0.25) is 5.22 Å². The second-order valence-corrected chi connectivity index (χ2v) is 6.71. The Morgan fingerprint density at radius 3 is 2.88 bits per heavy atom. The van der Waals surface area contributed by atoms with E-state index in [9.17, 15) is 9.59 Å². The van der Waals surface area contributed by atoms with Gasteiger partial charge in [-0.1, -0.05) is 18.2 Å². The maximum atomic E-state index is 11.6. The lowest BCUT2D eigenvalue weighted by Gasteiger charge is -2.35. The molecule has 140 valence electrons. The fourth-order valence-corrected chi connectivity index (χ4v) is 3.43. The Bertz CT molecular complexity index is 806. The smallest absolute Gasteiger partial charge is 0.323 e. The number of carboxylic acids is 1. The van der Waals surface area contributed by atoms with Gasteiger partial charge >= 0.3 is 5.97 Å². The van der Waals surface area contributed by atoms with Crippen molar-refractivity contribution in [2.45, 2.75) is 19.6 Å². The molecular weight excluding hydrogens is 360 g/mol. The van der Waals surface area contributed by atoms with Gasteiger partial charge in [-0.15, -0.1) is 0 Å². The molecule has 1 aliphatic heterocycles. The first-order valence-corrected chi connectivity index (χ1v) is 8.79. The third kappa shape index (κ3) is 4.35. The molecule has 8 heteroatoms. The maximum absolute atomic E-state index is 11.6. The number of halogens is 1. The average Bonchev–Trinajstić information content (AvgIpc) is 2.90. The van der Waals surface area contributed by atoms with Crippen LogP contribution in [0, 0.1) is 0 Å². The Morgan fingerprint density at radius 2 is 2.15 bits per heavy atom. The van der Waals surface area contributed by atoms with Gasteiger partial charge in [-0.05, 0) is 17.7 Å². The number of fused-ring (bicyclic) bond motifs is 1. The first-order valence-electron chi connectivity index (χ1n) is 8.41. The molecule has 1 aromatic carbocycles. The lowest BCUT2D eigenvalue weighted by molar-refractivity contribution is -0.145. The molecule has 1 saturated heterocycles. The predicted molar refractivity (Wildman–Crippen MR) is 96.1 cm³/mol. The third-order valence-electron chi connectivity index (χ3n) is 4.45. The van der Waals surface area contributed by atoms with Crippen molar-refractivity contribution in [1.82, 2.24) is 9.80 Å². The van der Waals surface area contributed by atoms with E-state index in [1.807, 2.05) is 24.3 Å². The summed E-state index contributed by atoms with van der Waals surface area (Å²) in [7, 11) is 0. The molecule has 0 saturated carbocycles. The van der Waals surface area contributed by atoms with E-state index < -0.39 is 5.97 Å². The topological polar surface area (TPSA) is 83.2 Å². The molecule has 1 N–H and O–H groups in total. The van der Waals surface area contributed by atoms with Crippen molar-refractivity contribution >= 4 is 34.4 Å². The Morgan fingerprint density at radius 1 is 1.38 bits per heavy atom. The van der Waals surface area contributed by atoms with Gasteiger partial charge in [0.25, 0.3) is 0 Å².